The lowest BCUT2D eigenvalue weighted by Crippen LogP contribution is -2.17. The number of nitrogens with one attached hydrogen (secondary N) is 1. The molecule has 0 spiro atoms. The molecule has 5 nitrogen and oxygen atoms in total. The van der Waals surface area contributed by atoms with Crippen molar-refractivity contribution in [1.29, 1.82) is 0 Å². The Morgan fingerprint density at radius 2 is 1.96 bits per heavy atom. The van der Waals surface area contributed by atoms with Gasteiger partial charge in [-0.15, -0.1) is 11.3 Å². The number of nitrogens with two attached hydrogens (primary N) is 1. The third kappa shape index (κ3) is 2.96. The number of hydrogen-bond acceptors (Lipinski definition) is 4. The van der Waals surface area contributed by atoms with Crippen molar-refractivity contribution in [2.24, 2.45) is 5.73 Å². The number of carbonyl (C=O) groups is 2. The summed E-state index contributed by atoms with van der Waals surface area (Å²) in [6.45, 7) is 2.31. The average Bonchev–Trinajstić information content (AvgIpc) is 3.03. The molecule has 0 radical (unpaired) electrons. The number of amides is 2. The third-order valence-corrected chi connectivity index (χ3v) is 4.41. The van der Waals surface area contributed by atoms with Crippen molar-refractivity contribution in [3.8, 4) is 5.75 Å². The van der Waals surface area contributed by atoms with Crippen molar-refractivity contribution >= 4 is 38.9 Å². The molecule has 3 rings (SSSR count). The first-order valence-corrected chi connectivity index (χ1v) is 8.33. The molecule has 0 aliphatic rings. The Labute approximate surface area is 143 Å². The fraction of sp³-hybridized carbons (Fsp3) is 0.111. The van der Waals surface area contributed by atoms with Gasteiger partial charge in [-0.1, -0.05) is 30.3 Å². The van der Waals surface area contributed by atoms with Crippen LogP contribution in [0.5, 0.6) is 5.75 Å². The van der Waals surface area contributed by atoms with E-state index in [-0.39, 0.29) is 5.91 Å². The van der Waals surface area contributed by atoms with Crippen LogP contribution < -0.4 is 15.8 Å². The summed E-state index contributed by atoms with van der Waals surface area (Å²) in [7, 11) is 0. The van der Waals surface area contributed by atoms with Crippen molar-refractivity contribution in [1.82, 2.24) is 0 Å². The van der Waals surface area contributed by atoms with Crippen LogP contribution in [0.4, 0.5) is 5.00 Å². The first-order chi connectivity index (χ1) is 11.6. The molecule has 0 atom stereocenters. The lowest BCUT2D eigenvalue weighted by molar-refractivity contribution is 0.100. The average molecular weight is 340 g/mol. The second-order valence-corrected chi connectivity index (χ2v) is 5.99. The first-order valence-electron chi connectivity index (χ1n) is 7.45. The van der Waals surface area contributed by atoms with Crippen LogP contribution in [0.3, 0.4) is 0 Å². The van der Waals surface area contributed by atoms with Crippen molar-refractivity contribution in [3.05, 3.63) is 59.0 Å². The van der Waals surface area contributed by atoms with Gasteiger partial charge in [-0.2, -0.15) is 0 Å². The summed E-state index contributed by atoms with van der Waals surface area (Å²) in [6.07, 6.45) is 0. The second kappa shape index (κ2) is 6.72. The van der Waals surface area contributed by atoms with Crippen molar-refractivity contribution < 1.29 is 14.3 Å². The van der Waals surface area contributed by atoms with E-state index in [1.54, 1.807) is 17.5 Å². The van der Waals surface area contributed by atoms with E-state index in [2.05, 4.69) is 5.32 Å². The zero-order chi connectivity index (χ0) is 17.1. The quantitative estimate of drug-likeness (QED) is 0.744. The Morgan fingerprint density at radius 3 is 2.71 bits per heavy atom. The molecule has 0 unspecified atom stereocenters. The van der Waals surface area contributed by atoms with Gasteiger partial charge < -0.3 is 15.8 Å². The highest BCUT2D eigenvalue weighted by molar-refractivity contribution is 7.14. The Kier molecular flexibility index (Phi) is 4.48. The maximum Gasteiger partial charge on any atom is 0.260 e. The molecule has 3 N–H and O–H groups in total. The van der Waals surface area contributed by atoms with Crippen LogP contribution >= 0.6 is 11.3 Å². The summed E-state index contributed by atoms with van der Waals surface area (Å²) in [6, 6.07) is 12.9. The number of rotatable bonds is 5. The monoisotopic (exact) mass is 340 g/mol. The van der Waals surface area contributed by atoms with Gasteiger partial charge in [0.05, 0.1) is 17.7 Å². The molecule has 3 aromatic rings. The first kappa shape index (κ1) is 16.0. The molecule has 122 valence electrons. The second-order valence-electron chi connectivity index (χ2n) is 5.07. The highest BCUT2D eigenvalue weighted by Crippen LogP contribution is 2.30. The lowest BCUT2D eigenvalue weighted by Gasteiger charge is -2.13. The van der Waals surface area contributed by atoms with Gasteiger partial charge in [-0.3, -0.25) is 9.59 Å². The van der Waals surface area contributed by atoms with E-state index in [1.165, 1.54) is 11.3 Å². The lowest BCUT2D eigenvalue weighted by atomic mass is 10.0. The van der Waals surface area contributed by atoms with Gasteiger partial charge in [-0.05, 0) is 35.2 Å². The van der Waals surface area contributed by atoms with E-state index in [1.807, 2.05) is 37.3 Å². The number of thiophene rings is 1. The largest absolute Gasteiger partial charge is 0.493 e. The maximum atomic E-state index is 12.9. The number of ether oxygens (including phenoxy) is 1. The standard InChI is InChI=1S/C18H16N2O3S/c1-2-23-14-8-7-11-5-3-4-6-12(11)15(14)17(22)20-18-13(16(19)21)9-10-24-18/h3-10H,2H2,1H3,(H2,19,21)(H,20,22). The Hall–Kier alpha value is -2.86. The van der Waals surface area contributed by atoms with E-state index in [4.69, 9.17) is 10.5 Å². The van der Waals surface area contributed by atoms with Crippen LogP contribution in [0.25, 0.3) is 10.8 Å². The van der Waals surface area contributed by atoms with E-state index in [9.17, 15) is 9.59 Å². The fourth-order valence-corrected chi connectivity index (χ4v) is 3.31. The van der Waals surface area contributed by atoms with Gasteiger partial charge in [0.25, 0.3) is 11.8 Å². The van der Waals surface area contributed by atoms with Crippen molar-refractivity contribution in [2.45, 2.75) is 6.92 Å². The fourth-order valence-electron chi connectivity index (χ4n) is 2.53. The number of carbonyl (C=O) groups excluding carboxylic acids is 2. The highest BCUT2D eigenvalue weighted by Gasteiger charge is 2.19. The van der Waals surface area contributed by atoms with Crippen LogP contribution in [0.2, 0.25) is 0 Å². The van der Waals surface area contributed by atoms with Crippen molar-refractivity contribution in [3.63, 3.8) is 0 Å². The highest BCUT2D eigenvalue weighted by atomic mass is 32.1. The van der Waals surface area contributed by atoms with Crippen LogP contribution in [-0.4, -0.2) is 18.4 Å². The minimum atomic E-state index is -0.575. The summed E-state index contributed by atoms with van der Waals surface area (Å²) in [5, 5.41) is 6.65. The molecule has 0 bridgehead atoms. The summed E-state index contributed by atoms with van der Waals surface area (Å²) in [5.41, 5.74) is 6.07. The van der Waals surface area contributed by atoms with Gasteiger partial charge in [0.15, 0.2) is 0 Å². The SMILES string of the molecule is CCOc1ccc2ccccc2c1C(=O)Nc1sccc1C(N)=O. The number of fused-ring (bicyclic) bond motifs is 1. The molecule has 2 amide bonds. The molecule has 6 heteroatoms. The zero-order valence-electron chi connectivity index (χ0n) is 13.0. The summed E-state index contributed by atoms with van der Waals surface area (Å²) in [4.78, 5) is 24.3. The number of anilines is 1. The van der Waals surface area contributed by atoms with E-state index < -0.39 is 5.91 Å². The molecule has 24 heavy (non-hydrogen) atoms. The van der Waals surface area contributed by atoms with Gasteiger partial charge in [-0.25, -0.2) is 0 Å². The van der Waals surface area contributed by atoms with E-state index in [0.717, 1.165) is 10.8 Å². The Bertz CT molecular complexity index is 918. The molecular formula is C18H16N2O3S. The molecule has 2 aromatic carbocycles. The maximum absolute atomic E-state index is 12.9. The predicted molar refractivity (Wildman–Crippen MR) is 95.9 cm³/mol. The van der Waals surface area contributed by atoms with Crippen LogP contribution in [0, 0.1) is 0 Å². The van der Waals surface area contributed by atoms with Gasteiger partial charge in [0, 0.05) is 0 Å². The van der Waals surface area contributed by atoms with Gasteiger partial charge in [0.2, 0.25) is 0 Å². The molecule has 1 heterocycles. The molecule has 0 aliphatic carbocycles. The summed E-state index contributed by atoms with van der Waals surface area (Å²) in [5.74, 6) is -0.402. The Balaban J connectivity index is 2.06. The number of hydrogen-bond donors (Lipinski definition) is 2. The molecule has 0 saturated heterocycles. The van der Waals surface area contributed by atoms with Crippen LogP contribution in [-0.2, 0) is 0 Å². The summed E-state index contributed by atoms with van der Waals surface area (Å²) >= 11 is 1.25. The van der Waals surface area contributed by atoms with Crippen LogP contribution in [0.1, 0.15) is 27.6 Å². The minimum absolute atomic E-state index is 0.298. The topological polar surface area (TPSA) is 81.4 Å². The van der Waals surface area contributed by atoms with Gasteiger partial charge >= 0.3 is 0 Å². The zero-order valence-corrected chi connectivity index (χ0v) is 13.9. The number of benzene rings is 2. The third-order valence-electron chi connectivity index (χ3n) is 3.58. The Morgan fingerprint density at radius 1 is 1.17 bits per heavy atom. The molecular weight excluding hydrogens is 324 g/mol. The summed E-state index contributed by atoms with van der Waals surface area (Å²) < 4.78 is 5.61. The molecule has 0 fully saturated rings. The molecule has 0 saturated carbocycles. The minimum Gasteiger partial charge on any atom is -0.493 e. The molecule has 1 aromatic heterocycles. The number of primary amides is 1. The van der Waals surface area contributed by atoms with E-state index >= 15 is 0 Å². The smallest absolute Gasteiger partial charge is 0.260 e. The van der Waals surface area contributed by atoms with E-state index in [0.29, 0.717) is 28.5 Å². The van der Waals surface area contributed by atoms with Crippen LogP contribution in [0.15, 0.2) is 47.8 Å². The molecule has 0 aliphatic heterocycles. The normalized spacial score (nSPS) is 10.5. The predicted octanol–water partition coefficient (Wildman–Crippen LogP) is 3.65. The van der Waals surface area contributed by atoms with Crippen molar-refractivity contribution in [2.75, 3.05) is 11.9 Å². The van der Waals surface area contributed by atoms with Gasteiger partial charge in [0.1, 0.15) is 10.8 Å².